The lowest BCUT2D eigenvalue weighted by molar-refractivity contribution is -0.122. The number of carbonyl (C=O) groups is 1. The van der Waals surface area contributed by atoms with E-state index in [2.05, 4.69) is 41.4 Å². The molecule has 0 aliphatic carbocycles. The molecule has 1 heterocycles. The number of hydrogen-bond donors (Lipinski definition) is 1. The van der Waals surface area contributed by atoms with Crippen molar-refractivity contribution in [2.24, 2.45) is 0 Å². The molecule has 144 valence electrons. The van der Waals surface area contributed by atoms with Gasteiger partial charge in [-0.25, -0.2) is 0 Å². The summed E-state index contributed by atoms with van der Waals surface area (Å²) in [6.45, 7) is 3.91. The van der Waals surface area contributed by atoms with E-state index < -0.39 is 0 Å². The molecule has 0 aromatic heterocycles. The number of nitrogens with zero attached hydrogens (tertiary/aromatic N) is 1. The Kier molecular flexibility index (Phi) is 6.35. The maximum absolute atomic E-state index is 12.5. The van der Waals surface area contributed by atoms with Crippen molar-refractivity contribution in [2.45, 2.75) is 32.4 Å². The predicted molar refractivity (Wildman–Crippen MR) is 106 cm³/mol. The van der Waals surface area contributed by atoms with Crippen molar-refractivity contribution in [2.75, 3.05) is 27.3 Å². The first-order chi connectivity index (χ1) is 13.1. The van der Waals surface area contributed by atoms with Crippen molar-refractivity contribution >= 4 is 5.91 Å². The SMILES string of the molecule is COc1ccc(OC)c(C2CCCN2CC(=O)NCc2ccc(C)cc2)c1. The van der Waals surface area contributed by atoms with Crippen molar-refractivity contribution < 1.29 is 14.3 Å². The van der Waals surface area contributed by atoms with Crippen LogP contribution < -0.4 is 14.8 Å². The summed E-state index contributed by atoms with van der Waals surface area (Å²) >= 11 is 0. The third-order valence-electron chi connectivity index (χ3n) is 5.12. The molecule has 1 N–H and O–H groups in total. The Morgan fingerprint density at radius 1 is 1.15 bits per heavy atom. The fraction of sp³-hybridized carbons (Fsp3) is 0.409. The monoisotopic (exact) mass is 368 g/mol. The molecule has 2 aromatic carbocycles. The van der Waals surface area contributed by atoms with Crippen molar-refractivity contribution in [3.63, 3.8) is 0 Å². The van der Waals surface area contributed by atoms with E-state index in [0.29, 0.717) is 13.1 Å². The van der Waals surface area contributed by atoms with E-state index in [0.717, 1.165) is 42.0 Å². The van der Waals surface area contributed by atoms with Crippen LogP contribution in [0.4, 0.5) is 0 Å². The fourth-order valence-corrected chi connectivity index (χ4v) is 3.61. The van der Waals surface area contributed by atoms with Gasteiger partial charge >= 0.3 is 0 Å². The van der Waals surface area contributed by atoms with Gasteiger partial charge in [0.05, 0.1) is 20.8 Å². The van der Waals surface area contributed by atoms with E-state index >= 15 is 0 Å². The van der Waals surface area contributed by atoms with Crippen molar-refractivity contribution in [1.82, 2.24) is 10.2 Å². The van der Waals surface area contributed by atoms with E-state index in [1.54, 1.807) is 14.2 Å². The zero-order valence-electron chi connectivity index (χ0n) is 16.3. The van der Waals surface area contributed by atoms with Crippen LogP contribution >= 0.6 is 0 Å². The van der Waals surface area contributed by atoms with Gasteiger partial charge in [-0.05, 0) is 50.1 Å². The zero-order valence-corrected chi connectivity index (χ0v) is 16.3. The molecule has 0 radical (unpaired) electrons. The van der Waals surface area contributed by atoms with Crippen LogP contribution in [0.1, 0.15) is 35.6 Å². The first kappa shape index (κ1) is 19.2. The van der Waals surface area contributed by atoms with Gasteiger partial charge in [0.25, 0.3) is 0 Å². The minimum atomic E-state index is 0.0457. The molecule has 2 aromatic rings. The summed E-state index contributed by atoms with van der Waals surface area (Å²) in [6.07, 6.45) is 2.07. The molecular formula is C22H28N2O3. The normalized spacial score (nSPS) is 16.9. The number of amides is 1. The summed E-state index contributed by atoms with van der Waals surface area (Å²) in [7, 11) is 3.34. The largest absolute Gasteiger partial charge is 0.497 e. The Morgan fingerprint density at radius 2 is 1.93 bits per heavy atom. The number of aryl methyl sites for hydroxylation is 1. The molecule has 0 spiro atoms. The van der Waals surface area contributed by atoms with E-state index in [-0.39, 0.29) is 11.9 Å². The van der Waals surface area contributed by atoms with Gasteiger partial charge in [0.1, 0.15) is 11.5 Å². The van der Waals surface area contributed by atoms with Gasteiger partial charge in [0.2, 0.25) is 5.91 Å². The molecule has 3 rings (SSSR count). The molecule has 1 atom stereocenters. The summed E-state index contributed by atoms with van der Waals surface area (Å²) in [4.78, 5) is 14.7. The Balaban J connectivity index is 1.64. The van der Waals surface area contributed by atoms with Gasteiger partial charge in [0.15, 0.2) is 0 Å². The van der Waals surface area contributed by atoms with E-state index in [1.807, 2.05) is 18.2 Å². The van der Waals surface area contributed by atoms with Gasteiger partial charge in [-0.2, -0.15) is 0 Å². The second-order valence-corrected chi connectivity index (χ2v) is 7.00. The predicted octanol–water partition coefficient (Wildman–Crippen LogP) is 3.47. The lowest BCUT2D eigenvalue weighted by Crippen LogP contribution is -2.36. The van der Waals surface area contributed by atoms with Crippen molar-refractivity contribution in [3.05, 3.63) is 59.2 Å². The van der Waals surface area contributed by atoms with Crippen LogP contribution in [0, 0.1) is 6.92 Å². The summed E-state index contributed by atoms with van der Waals surface area (Å²) in [5, 5.41) is 3.03. The molecule has 5 heteroatoms. The smallest absolute Gasteiger partial charge is 0.234 e. The van der Waals surface area contributed by atoms with Crippen LogP contribution in [-0.4, -0.2) is 38.1 Å². The van der Waals surface area contributed by atoms with Gasteiger partial charge in [0, 0.05) is 18.2 Å². The summed E-state index contributed by atoms with van der Waals surface area (Å²) in [6, 6.07) is 14.2. The molecular weight excluding hydrogens is 340 g/mol. The van der Waals surface area contributed by atoms with E-state index in [4.69, 9.17) is 9.47 Å². The first-order valence-electron chi connectivity index (χ1n) is 9.39. The Bertz CT molecular complexity index is 774. The third-order valence-corrected chi connectivity index (χ3v) is 5.12. The standard InChI is InChI=1S/C22H28N2O3/c1-16-6-8-17(9-7-16)14-23-22(25)15-24-12-4-5-20(24)19-13-18(26-2)10-11-21(19)27-3/h6-11,13,20H,4-5,12,14-15H2,1-3H3,(H,23,25). The molecule has 1 aliphatic heterocycles. The number of nitrogens with one attached hydrogen (secondary N) is 1. The molecule has 1 unspecified atom stereocenters. The number of benzene rings is 2. The lowest BCUT2D eigenvalue weighted by Gasteiger charge is -2.26. The summed E-state index contributed by atoms with van der Waals surface area (Å²) < 4.78 is 10.9. The molecule has 5 nitrogen and oxygen atoms in total. The highest BCUT2D eigenvalue weighted by Crippen LogP contribution is 2.38. The molecule has 1 amide bonds. The molecule has 1 fully saturated rings. The highest BCUT2D eigenvalue weighted by atomic mass is 16.5. The zero-order chi connectivity index (χ0) is 19.2. The number of likely N-dealkylation sites (tertiary alicyclic amines) is 1. The second-order valence-electron chi connectivity index (χ2n) is 7.00. The molecule has 0 saturated carbocycles. The molecule has 27 heavy (non-hydrogen) atoms. The van der Waals surface area contributed by atoms with E-state index in [9.17, 15) is 4.79 Å². The minimum Gasteiger partial charge on any atom is -0.497 e. The van der Waals surface area contributed by atoms with Crippen LogP contribution in [0.25, 0.3) is 0 Å². The Labute approximate surface area is 161 Å². The van der Waals surface area contributed by atoms with Crippen LogP contribution in [0.15, 0.2) is 42.5 Å². The molecule has 1 saturated heterocycles. The maximum Gasteiger partial charge on any atom is 0.234 e. The van der Waals surface area contributed by atoms with Crippen LogP contribution in [0.5, 0.6) is 11.5 Å². The van der Waals surface area contributed by atoms with Crippen molar-refractivity contribution in [3.8, 4) is 11.5 Å². The summed E-state index contributed by atoms with van der Waals surface area (Å²) in [5.41, 5.74) is 3.42. The minimum absolute atomic E-state index is 0.0457. The quantitative estimate of drug-likeness (QED) is 0.813. The Morgan fingerprint density at radius 3 is 2.63 bits per heavy atom. The van der Waals surface area contributed by atoms with E-state index in [1.165, 1.54) is 5.56 Å². The number of hydrogen-bond acceptors (Lipinski definition) is 4. The fourth-order valence-electron chi connectivity index (χ4n) is 3.61. The third kappa shape index (κ3) is 4.80. The highest BCUT2D eigenvalue weighted by Gasteiger charge is 2.30. The topological polar surface area (TPSA) is 50.8 Å². The van der Waals surface area contributed by atoms with Gasteiger partial charge in [-0.3, -0.25) is 9.69 Å². The maximum atomic E-state index is 12.5. The van der Waals surface area contributed by atoms with Crippen molar-refractivity contribution in [1.29, 1.82) is 0 Å². The number of rotatable bonds is 7. The first-order valence-corrected chi connectivity index (χ1v) is 9.39. The van der Waals surface area contributed by atoms with Crippen LogP contribution in [0.3, 0.4) is 0 Å². The van der Waals surface area contributed by atoms with Gasteiger partial charge < -0.3 is 14.8 Å². The van der Waals surface area contributed by atoms with Gasteiger partial charge in [-0.15, -0.1) is 0 Å². The lowest BCUT2D eigenvalue weighted by atomic mass is 10.0. The van der Waals surface area contributed by atoms with Crippen LogP contribution in [0.2, 0.25) is 0 Å². The summed E-state index contributed by atoms with van der Waals surface area (Å²) in [5.74, 6) is 1.69. The molecule has 1 aliphatic rings. The van der Waals surface area contributed by atoms with Crippen LogP contribution in [-0.2, 0) is 11.3 Å². The number of ether oxygens (including phenoxy) is 2. The van der Waals surface area contributed by atoms with Gasteiger partial charge in [-0.1, -0.05) is 29.8 Å². The Hall–Kier alpha value is -2.53. The molecule has 0 bridgehead atoms. The number of carbonyl (C=O) groups excluding carboxylic acids is 1. The second kappa shape index (κ2) is 8.91. The number of methoxy groups -OCH3 is 2. The average molecular weight is 368 g/mol. The average Bonchev–Trinajstić information content (AvgIpc) is 3.14. The highest BCUT2D eigenvalue weighted by molar-refractivity contribution is 5.78.